The molecule has 3 amide bonds. The number of nitrogens with zero attached hydrogens (tertiary/aromatic N) is 6. The van der Waals surface area contributed by atoms with Crippen molar-refractivity contribution >= 4 is 35.2 Å². The molecule has 2 aliphatic heterocycles. The lowest BCUT2D eigenvalue weighted by molar-refractivity contribution is -0.131. The van der Waals surface area contributed by atoms with Crippen LogP contribution in [0.2, 0.25) is 0 Å². The fourth-order valence-electron chi connectivity index (χ4n) is 4.30. The van der Waals surface area contributed by atoms with Crippen LogP contribution in [0, 0.1) is 0 Å². The van der Waals surface area contributed by atoms with Crippen LogP contribution in [0.1, 0.15) is 33.6 Å². The minimum absolute atomic E-state index is 0.0299. The Bertz CT molecular complexity index is 1190. The minimum Gasteiger partial charge on any atom is -0.352 e. The van der Waals surface area contributed by atoms with E-state index < -0.39 is 0 Å². The van der Waals surface area contributed by atoms with E-state index in [1.165, 1.54) is 4.90 Å². The third kappa shape index (κ3) is 4.81. The lowest BCUT2D eigenvalue weighted by atomic mass is 10.1. The molecule has 0 atom stereocenters. The predicted molar refractivity (Wildman–Crippen MR) is 129 cm³/mol. The van der Waals surface area contributed by atoms with Crippen molar-refractivity contribution in [1.82, 2.24) is 25.0 Å². The maximum absolute atomic E-state index is 12.7. The summed E-state index contributed by atoms with van der Waals surface area (Å²) in [6, 6.07) is 16.2. The Morgan fingerprint density at radius 2 is 1.54 bits per heavy atom. The van der Waals surface area contributed by atoms with E-state index in [0.29, 0.717) is 61.8 Å². The van der Waals surface area contributed by atoms with Gasteiger partial charge in [0.15, 0.2) is 11.6 Å². The SMILES string of the molecule is O=C(CCCN1C(=O)c2ccccc2C1=O)N1CCN(c2ccc(Nc3ccccn3)nn2)CC1. The van der Waals surface area contributed by atoms with Crippen LogP contribution in [-0.2, 0) is 4.79 Å². The number of carbonyl (C=O) groups is 3. The van der Waals surface area contributed by atoms with E-state index in [1.807, 2.05) is 35.2 Å². The van der Waals surface area contributed by atoms with Gasteiger partial charge in [0.05, 0.1) is 11.1 Å². The predicted octanol–water partition coefficient (Wildman–Crippen LogP) is 2.34. The normalized spacial score (nSPS) is 15.4. The van der Waals surface area contributed by atoms with Crippen molar-refractivity contribution in [3.8, 4) is 0 Å². The number of nitrogens with one attached hydrogen (secondary N) is 1. The van der Waals surface area contributed by atoms with Crippen molar-refractivity contribution in [1.29, 1.82) is 0 Å². The van der Waals surface area contributed by atoms with Crippen LogP contribution in [0.5, 0.6) is 0 Å². The second kappa shape index (κ2) is 9.88. The highest BCUT2D eigenvalue weighted by molar-refractivity contribution is 6.21. The molecule has 1 N–H and O–H groups in total. The molecule has 4 heterocycles. The molecule has 2 aliphatic rings. The zero-order valence-corrected chi connectivity index (χ0v) is 19.1. The van der Waals surface area contributed by atoms with Gasteiger partial charge in [0, 0.05) is 45.3 Å². The van der Waals surface area contributed by atoms with Gasteiger partial charge in [-0.05, 0) is 42.8 Å². The average Bonchev–Trinajstić information content (AvgIpc) is 3.15. The largest absolute Gasteiger partial charge is 0.352 e. The number of benzene rings is 1. The van der Waals surface area contributed by atoms with E-state index in [0.717, 1.165) is 5.82 Å². The van der Waals surface area contributed by atoms with Crippen LogP contribution in [-0.4, -0.2) is 75.4 Å². The van der Waals surface area contributed by atoms with Gasteiger partial charge in [0.1, 0.15) is 5.82 Å². The summed E-state index contributed by atoms with van der Waals surface area (Å²) in [4.78, 5) is 47.0. The number of anilines is 3. The summed E-state index contributed by atoms with van der Waals surface area (Å²) >= 11 is 0. The summed E-state index contributed by atoms with van der Waals surface area (Å²) < 4.78 is 0. The molecule has 10 heteroatoms. The standard InChI is InChI=1S/C25H25N7O3/c33-23(9-5-13-32-24(34)18-6-1-2-7-19(18)25(32)35)31-16-14-30(15-17-31)22-11-10-21(28-29-22)27-20-8-3-4-12-26-20/h1-4,6-8,10-12H,5,9,13-17H2,(H,26,27,28). The summed E-state index contributed by atoms with van der Waals surface area (Å²) in [6.45, 7) is 2.73. The van der Waals surface area contributed by atoms with E-state index >= 15 is 0 Å². The summed E-state index contributed by atoms with van der Waals surface area (Å²) in [6.07, 6.45) is 2.44. The number of fused-ring (bicyclic) bond motifs is 1. The number of carbonyl (C=O) groups excluding carboxylic acids is 3. The van der Waals surface area contributed by atoms with E-state index in [-0.39, 0.29) is 24.3 Å². The minimum atomic E-state index is -0.283. The Hall–Kier alpha value is -4.34. The number of hydrogen-bond donors (Lipinski definition) is 1. The van der Waals surface area contributed by atoms with Gasteiger partial charge in [0.2, 0.25) is 5.91 Å². The number of pyridine rings is 1. The number of rotatable bonds is 7. The van der Waals surface area contributed by atoms with Gasteiger partial charge in [-0.1, -0.05) is 18.2 Å². The molecule has 0 saturated carbocycles. The van der Waals surface area contributed by atoms with Crippen LogP contribution < -0.4 is 10.2 Å². The number of hydrogen-bond acceptors (Lipinski definition) is 8. The fourth-order valence-corrected chi connectivity index (χ4v) is 4.30. The van der Waals surface area contributed by atoms with Gasteiger partial charge in [0.25, 0.3) is 11.8 Å². The number of aromatic nitrogens is 3. The zero-order valence-electron chi connectivity index (χ0n) is 19.1. The lowest BCUT2D eigenvalue weighted by Crippen LogP contribution is -2.49. The first-order chi connectivity index (χ1) is 17.1. The maximum Gasteiger partial charge on any atom is 0.261 e. The molecule has 0 bridgehead atoms. The van der Waals surface area contributed by atoms with Crippen LogP contribution in [0.15, 0.2) is 60.8 Å². The molecule has 5 rings (SSSR count). The second-order valence-electron chi connectivity index (χ2n) is 8.40. The molecule has 0 spiro atoms. The molecule has 0 unspecified atom stereocenters. The van der Waals surface area contributed by atoms with Gasteiger partial charge in [-0.2, -0.15) is 0 Å². The van der Waals surface area contributed by atoms with E-state index in [2.05, 4.69) is 25.4 Å². The molecule has 0 radical (unpaired) electrons. The lowest BCUT2D eigenvalue weighted by Gasteiger charge is -2.35. The summed E-state index contributed by atoms with van der Waals surface area (Å²) in [7, 11) is 0. The topological polar surface area (TPSA) is 112 Å². The summed E-state index contributed by atoms with van der Waals surface area (Å²) in [5.74, 6) is 1.53. The van der Waals surface area contributed by atoms with Crippen molar-refractivity contribution in [3.05, 3.63) is 71.9 Å². The zero-order chi connectivity index (χ0) is 24.2. The molecule has 2 aromatic heterocycles. The highest BCUT2D eigenvalue weighted by Gasteiger charge is 2.34. The number of amides is 3. The van der Waals surface area contributed by atoms with Gasteiger partial charge in [-0.3, -0.25) is 19.3 Å². The van der Waals surface area contributed by atoms with E-state index in [1.54, 1.807) is 30.5 Å². The molecule has 3 aromatic rings. The molecule has 0 aliphatic carbocycles. The first-order valence-corrected chi connectivity index (χ1v) is 11.6. The average molecular weight is 472 g/mol. The van der Waals surface area contributed by atoms with Gasteiger partial charge in [-0.25, -0.2) is 4.98 Å². The Balaban J connectivity index is 1.07. The summed E-state index contributed by atoms with van der Waals surface area (Å²) in [5.41, 5.74) is 0.868. The molecule has 1 fully saturated rings. The van der Waals surface area contributed by atoms with Crippen molar-refractivity contribution in [2.45, 2.75) is 12.8 Å². The third-order valence-electron chi connectivity index (χ3n) is 6.18. The summed E-state index contributed by atoms with van der Waals surface area (Å²) in [5, 5.41) is 11.6. The Kier molecular flexibility index (Phi) is 6.34. The van der Waals surface area contributed by atoms with Gasteiger partial charge in [-0.15, -0.1) is 10.2 Å². The molecular weight excluding hydrogens is 446 g/mol. The molecule has 178 valence electrons. The second-order valence-corrected chi connectivity index (χ2v) is 8.40. The first kappa shape index (κ1) is 22.5. The van der Waals surface area contributed by atoms with Gasteiger partial charge >= 0.3 is 0 Å². The van der Waals surface area contributed by atoms with Crippen LogP contribution in [0.4, 0.5) is 17.5 Å². The molecular formula is C25H25N7O3. The third-order valence-corrected chi connectivity index (χ3v) is 6.18. The fraction of sp³-hybridized carbons (Fsp3) is 0.280. The highest BCUT2D eigenvalue weighted by atomic mass is 16.2. The smallest absolute Gasteiger partial charge is 0.261 e. The Labute approximate surface area is 202 Å². The van der Waals surface area contributed by atoms with Crippen molar-refractivity contribution in [2.75, 3.05) is 42.9 Å². The van der Waals surface area contributed by atoms with Gasteiger partial charge < -0.3 is 15.1 Å². The van der Waals surface area contributed by atoms with Crippen LogP contribution >= 0.6 is 0 Å². The van der Waals surface area contributed by atoms with Crippen LogP contribution in [0.25, 0.3) is 0 Å². The maximum atomic E-state index is 12.7. The Morgan fingerprint density at radius 1 is 0.829 bits per heavy atom. The van der Waals surface area contributed by atoms with Crippen LogP contribution in [0.3, 0.4) is 0 Å². The highest BCUT2D eigenvalue weighted by Crippen LogP contribution is 2.23. The molecule has 1 aromatic carbocycles. The number of imide groups is 1. The Morgan fingerprint density at radius 3 is 2.17 bits per heavy atom. The van der Waals surface area contributed by atoms with Crippen molar-refractivity contribution in [3.63, 3.8) is 0 Å². The van der Waals surface area contributed by atoms with Crippen molar-refractivity contribution < 1.29 is 14.4 Å². The van der Waals surface area contributed by atoms with Crippen molar-refractivity contribution in [2.24, 2.45) is 0 Å². The number of piperazine rings is 1. The monoisotopic (exact) mass is 471 g/mol. The molecule has 35 heavy (non-hydrogen) atoms. The molecule has 1 saturated heterocycles. The molecule has 10 nitrogen and oxygen atoms in total. The van der Waals surface area contributed by atoms with E-state index in [9.17, 15) is 14.4 Å². The quantitative estimate of drug-likeness (QED) is 0.523. The first-order valence-electron chi connectivity index (χ1n) is 11.6. The van der Waals surface area contributed by atoms with E-state index in [4.69, 9.17) is 0 Å².